The monoisotopic (exact) mass is 1070 g/mol. The summed E-state index contributed by atoms with van der Waals surface area (Å²) in [5, 5.41) is 20.7. The van der Waals surface area contributed by atoms with Crippen molar-refractivity contribution in [3.63, 3.8) is 0 Å². The SMILES string of the molecule is [2H]c1c([2H])c([2H])c2c(-c3cccc4ccccc34)c3c([2H])c([2H])c([2H])c([2H])c3c(-c3ccc(-c4ccc5ccccc5c4)cc3)c2c1[2H].c1cc(-c2ccc(-c3ccc4ccc5cccc6ccc3c4c56)cc2)cc(-c2ccc3ccc4cccc5ccc2c3c45)c1. The second-order valence-electron chi connectivity index (χ2n) is 22.0. The summed E-state index contributed by atoms with van der Waals surface area (Å²) in [6.45, 7) is 0. The van der Waals surface area contributed by atoms with Crippen molar-refractivity contribution in [1.82, 2.24) is 0 Å². The number of fused-ring (bicyclic) bond motifs is 4. The normalized spacial score (nSPS) is 13.1. The van der Waals surface area contributed by atoms with E-state index in [1.165, 1.54) is 98.0 Å². The largest absolute Gasteiger partial charge is 0.0629 e. The summed E-state index contributed by atoms with van der Waals surface area (Å²) >= 11 is 0. The van der Waals surface area contributed by atoms with Crippen LogP contribution in [0, 0.1) is 0 Å². The van der Waals surface area contributed by atoms with Crippen molar-refractivity contribution in [2.75, 3.05) is 0 Å². The summed E-state index contributed by atoms with van der Waals surface area (Å²) in [6, 6.07) is 91.1. The van der Waals surface area contributed by atoms with Gasteiger partial charge in [0.15, 0.2) is 0 Å². The zero-order valence-electron chi connectivity index (χ0n) is 53.4. The van der Waals surface area contributed by atoms with Crippen LogP contribution < -0.4 is 0 Å². The van der Waals surface area contributed by atoms with Gasteiger partial charge in [0.2, 0.25) is 0 Å². The molecular weight excluding hydrogens is 1010 g/mol. The van der Waals surface area contributed by atoms with Crippen LogP contribution in [0.1, 0.15) is 11.0 Å². The van der Waals surface area contributed by atoms with Crippen molar-refractivity contribution in [1.29, 1.82) is 0 Å². The van der Waals surface area contributed by atoms with Crippen molar-refractivity contribution >= 4 is 108 Å². The highest BCUT2D eigenvalue weighted by Gasteiger charge is 2.19. The van der Waals surface area contributed by atoms with Crippen LogP contribution >= 0.6 is 0 Å². The molecule has 0 heteroatoms. The summed E-state index contributed by atoms with van der Waals surface area (Å²) in [5.41, 5.74) is 11.4. The van der Waals surface area contributed by atoms with Crippen LogP contribution in [0.5, 0.6) is 0 Å². The van der Waals surface area contributed by atoms with Crippen molar-refractivity contribution in [2.45, 2.75) is 0 Å². The minimum Gasteiger partial charge on any atom is -0.0616 e. The molecule has 0 heterocycles. The van der Waals surface area contributed by atoms with Crippen LogP contribution in [0.25, 0.3) is 174 Å². The highest BCUT2D eigenvalue weighted by molar-refractivity contribution is 6.27. The Hall–Kier alpha value is -10.9. The first kappa shape index (κ1) is 40.3. The van der Waals surface area contributed by atoms with Gasteiger partial charge in [0, 0.05) is 0 Å². The van der Waals surface area contributed by atoms with E-state index in [-0.39, 0.29) is 45.7 Å². The number of hydrogen-bond acceptors (Lipinski definition) is 0. The van der Waals surface area contributed by atoms with Gasteiger partial charge < -0.3 is 0 Å². The Bertz CT molecular complexity index is 5970. The molecule has 0 aromatic heterocycles. The molecule has 0 bridgehead atoms. The molecule has 388 valence electrons. The van der Waals surface area contributed by atoms with Gasteiger partial charge in [0.05, 0.1) is 11.0 Å². The molecule has 0 amide bonds. The van der Waals surface area contributed by atoms with Gasteiger partial charge in [-0.05, 0) is 187 Å². The van der Waals surface area contributed by atoms with E-state index < -0.39 is 24.2 Å². The van der Waals surface area contributed by atoms with Gasteiger partial charge in [-0.25, -0.2) is 0 Å². The van der Waals surface area contributed by atoms with Gasteiger partial charge in [0.25, 0.3) is 0 Å². The molecule has 0 aliphatic heterocycles. The van der Waals surface area contributed by atoms with E-state index in [0.717, 1.165) is 32.7 Å². The molecule has 0 N–H and O–H groups in total. The number of rotatable bonds is 6. The van der Waals surface area contributed by atoms with Crippen LogP contribution in [-0.4, -0.2) is 0 Å². The Labute approximate surface area is 498 Å². The lowest BCUT2D eigenvalue weighted by atomic mass is 9.84. The number of benzene rings is 18. The molecule has 0 aliphatic carbocycles. The summed E-state index contributed by atoms with van der Waals surface area (Å²) < 4.78 is 71.5. The van der Waals surface area contributed by atoms with E-state index in [4.69, 9.17) is 5.48 Å². The average molecular weight is 1070 g/mol. The third kappa shape index (κ3) is 7.76. The quantitative estimate of drug-likeness (QED) is 0.115. The van der Waals surface area contributed by atoms with Crippen molar-refractivity contribution in [2.24, 2.45) is 0 Å². The average Bonchev–Trinajstić information content (AvgIpc) is 0.704. The second kappa shape index (κ2) is 19.4. The molecular formula is C84H52. The van der Waals surface area contributed by atoms with E-state index >= 15 is 0 Å². The standard InChI is InChI=1S/C44H26.C40H26/c1-4-29-14-16-33-18-22-37(39-24-20-31(6-1)41(29)43(33)39)28-12-10-27(11-13-28)35-8-3-9-36(26-35)38-23-19-34-17-15-30-5-2-7-32-21-25-40(38)44(34)42(30)32;1-2-12-31-26-32(25-22-27(31)10-1)28-20-23-30(24-21-28)39-35-15-5-7-17-37(35)40(38-18-8-6-16-36(38)39)34-19-9-13-29-11-3-4-14-33(29)34/h1-26H;1-26H/i;5D,6D,7D,8D,15D,16D,17D,18D. The van der Waals surface area contributed by atoms with Crippen molar-refractivity contribution < 1.29 is 11.0 Å². The third-order valence-corrected chi connectivity index (χ3v) is 17.5. The smallest absolute Gasteiger partial charge is 0.0616 e. The van der Waals surface area contributed by atoms with Gasteiger partial charge in [-0.2, -0.15) is 0 Å². The van der Waals surface area contributed by atoms with E-state index in [1.54, 1.807) is 0 Å². The molecule has 0 saturated carbocycles. The van der Waals surface area contributed by atoms with Gasteiger partial charge in [-0.15, -0.1) is 0 Å². The van der Waals surface area contributed by atoms with E-state index in [2.05, 4.69) is 182 Å². The molecule has 0 nitrogen and oxygen atoms in total. The first-order valence-electron chi connectivity index (χ1n) is 32.6. The van der Waals surface area contributed by atoms with Crippen LogP contribution in [0.4, 0.5) is 0 Å². The fraction of sp³-hybridized carbons (Fsp3) is 0. The topological polar surface area (TPSA) is 0 Å². The summed E-state index contributed by atoms with van der Waals surface area (Å²) in [6.07, 6.45) is 0. The lowest BCUT2D eigenvalue weighted by molar-refractivity contribution is 1.60. The highest BCUT2D eigenvalue weighted by atomic mass is 14.2. The Morgan fingerprint density at radius 2 is 0.560 bits per heavy atom. The predicted octanol–water partition coefficient (Wildman–Crippen LogP) is 23.8. The zero-order valence-corrected chi connectivity index (χ0v) is 45.4. The minimum absolute atomic E-state index is 0.208. The first-order valence-corrected chi connectivity index (χ1v) is 28.6. The van der Waals surface area contributed by atoms with E-state index in [1.807, 2.05) is 84.9 Å². The molecule has 0 fully saturated rings. The number of hydrogen-bond donors (Lipinski definition) is 0. The fourth-order valence-electron chi connectivity index (χ4n) is 13.5. The Morgan fingerprint density at radius 1 is 0.179 bits per heavy atom. The lowest BCUT2D eigenvalue weighted by Crippen LogP contribution is -1.91. The molecule has 0 saturated heterocycles. The maximum atomic E-state index is 9.21. The highest BCUT2D eigenvalue weighted by Crippen LogP contribution is 2.47. The Balaban J connectivity index is 0.000000141. The molecule has 0 atom stereocenters. The third-order valence-electron chi connectivity index (χ3n) is 17.5. The maximum Gasteiger partial charge on any atom is 0.0629 e. The molecule has 0 unspecified atom stereocenters. The molecule has 0 spiro atoms. The minimum atomic E-state index is -0.411. The Kier molecular flexibility index (Phi) is 9.30. The zero-order chi connectivity index (χ0) is 62.2. The molecule has 18 aromatic carbocycles. The van der Waals surface area contributed by atoms with Crippen LogP contribution in [-0.2, 0) is 0 Å². The lowest BCUT2D eigenvalue weighted by Gasteiger charge is -2.19. The van der Waals surface area contributed by atoms with Gasteiger partial charge >= 0.3 is 0 Å². The summed E-state index contributed by atoms with van der Waals surface area (Å²) in [5.74, 6) is 0. The predicted molar refractivity (Wildman–Crippen MR) is 363 cm³/mol. The second-order valence-corrected chi connectivity index (χ2v) is 22.0. The molecule has 0 aliphatic rings. The molecule has 18 rings (SSSR count). The fourth-order valence-corrected chi connectivity index (χ4v) is 13.5. The summed E-state index contributed by atoms with van der Waals surface area (Å²) in [7, 11) is 0. The Morgan fingerprint density at radius 3 is 1.15 bits per heavy atom. The van der Waals surface area contributed by atoms with Gasteiger partial charge in [-0.1, -0.05) is 303 Å². The molecule has 18 aromatic rings. The maximum absolute atomic E-state index is 9.21. The van der Waals surface area contributed by atoms with Gasteiger partial charge in [-0.3, -0.25) is 0 Å². The molecule has 0 radical (unpaired) electrons. The van der Waals surface area contributed by atoms with Crippen LogP contribution in [0.15, 0.2) is 315 Å². The van der Waals surface area contributed by atoms with Crippen LogP contribution in [0.3, 0.4) is 0 Å². The first-order chi connectivity index (χ1) is 45.0. The van der Waals surface area contributed by atoms with E-state index in [0.29, 0.717) is 22.3 Å². The summed E-state index contributed by atoms with van der Waals surface area (Å²) in [4.78, 5) is 0. The molecule has 84 heavy (non-hydrogen) atoms. The van der Waals surface area contributed by atoms with Gasteiger partial charge in [0.1, 0.15) is 0 Å². The van der Waals surface area contributed by atoms with Crippen LogP contribution in [0.2, 0.25) is 0 Å². The van der Waals surface area contributed by atoms with Crippen molar-refractivity contribution in [3.8, 4) is 66.8 Å². The van der Waals surface area contributed by atoms with Crippen molar-refractivity contribution in [3.05, 3.63) is 315 Å². The van der Waals surface area contributed by atoms with E-state index in [9.17, 15) is 5.48 Å².